The van der Waals surface area contributed by atoms with Gasteiger partial charge in [0.1, 0.15) is 24.1 Å². The van der Waals surface area contributed by atoms with Gasteiger partial charge < -0.3 is 19.1 Å². The molecule has 1 N–H and O–H groups in total. The summed E-state index contributed by atoms with van der Waals surface area (Å²) < 4.78 is 72.3. The van der Waals surface area contributed by atoms with Crippen molar-refractivity contribution in [3.8, 4) is 17.1 Å². The van der Waals surface area contributed by atoms with Crippen LogP contribution >= 0.6 is 11.6 Å². The summed E-state index contributed by atoms with van der Waals surface area (Å²) in [4.78, 5) is 20.6. The van der Waals surface area contributed by atoms with Gasteiger partial charge in [0, 0.05) is 29.0 Å². The van der Waals surface area contributed by atoms with E-state index in [2.05, 4.69) is 9.97 Å². The molecule has 2 aromatic heterocycles. The molecule has 232 valence electrons. The minimum atomic E-state index is -1.20. The highest BCUT2D eigenvalue weighted by Crippen LogP contribution is 2.40. The molecular weight excluding hydrogens is 614 g/mol. The van der Waals surface area contributed by atoms with Gasteiger partial charge in [-0.1, -0.05) is 37.6 Å². The van der Waals surface area contributed by atoms with E-state index < -0.39 is 29.2 Å². The highest BCUT2D eigenvalue weighted by atomic mass is 35.5. The molecule has 3 aromatic carbocycles. The van der Waals surface area contributed by atoms with E-state index in [1.165, 1.54) is 42.5 Å². The van der Waals surface area contributed by atoms with Gasteiger partial charge in [-0.25, -0.2) is 32.3 Å². The fourth-order valence-corrected chi connectivity index (χ4v) is 5.64. The van der Waals surface area contributed by atoms with Gasteiger partial charge in [-0.2, -0.15) is 0 Å². The summed E-state index contributed by atoms with van der Waals surface area (Å²) in [7, 11) is 0. The van der Waals surface area contributed by atoms with Gasteiger partial charge in [0.15, 0.2) is 11.6 Å². The van der Waals surface area contributed by atoms with E-state index in [4.69, 9.17) is 21.1 Å². The normalized spacial score (nSPS) is 15.9. The fraction of sp³-hybridized carbons (Fsp3) is 0.242. The van der Waals surface area contributed by atoms with Crippen LogP contribution in [0.4, 0.5) is 17.6 Å². The smallest absolute Gasteiger partial charge is 0.335 e. The van der Waals surface area contributed by atoms with Crippen molar-refractivity contribution in [2.45, 2.75) is 32.9 Å². The molecule has 1 fully saturated rings. The molecule has 3 heterocycles. The van der Waals surface area contributed by atoms with E-state index in [-0.39, 0.29) is 63.3 Å². The van der Waals surface area contributed by atoms with Crippen molar-refractivity contribution in [3.05, 3.63) is 111 Å². The number of benzene rings is 3. The summed E-state index contributed by atoms with van der Waals surface area (Å²) >= 11 is 5.60. The third kappa shape index (κ3) is 5.85. The lowest BCUT2D eigenvalue weighted by Crippen LogP contribution is -2.27. The molecule has 0 amide bonds. The largest absolute Gasteiger partial charge is 0.478 e. The van der Waals surface area contributed by atoms with E-state index in [0.29, 0.717) is 30.1 Å². The zero-order valence-corrected chi connectivity index (χ0v) is 24.8. The van der Waals surface area contributed by atoms with Crippen molar-refractivity contribution < 1.29 is 36.9 Å². The monoisotopic (exact) mass is 639 g/mol. The summed E-state index contributed by atoms with van der Waals surface area (Å²) in [6.45, 7) is 4.48. The number of ether oxygens (including phenoxy) is 2. The molecule has 0 saturated carbocycles. The molecule has 12 heteroatoms. The Balaban J connectivity index is 1.31. The van der Waals surface area contributed by atoms with Crippen molar-refractivity contribution >= 4 is 28.6 Å². The van der Waals surface area contributed by atoms with Crippen LogP contribution in [0.5, 0.6) is 5.88 Å². The van der Waals surface area contributed by atoms with Gasteiger partial charge in [0.2, 0.25) is 5.88 Å². The van der Waals surface area contributed by atoms with E-state index in [1.54, 1.807) is 6.07 Å². The Morgan fingerprint density at radius 1 is 1.02 bits per heavy atom. The molecule has 0 aliphatic carbocycles. The predicted octanol–water partition coefficient (Wildman–Crippen LogP) is 7.77. The van der Waals surface area contributed by atoms with Crippen LogP contribution in [0.1, 0.15) is 47.2 Å². The number of hydrogen-bond donors (Lipinski definition) is 1. The van der Waals surface area contributed by atoms with Crippen LogP contribution in [0.3, 0.4) is 0 Å². The fourth-order valence-electron chi connectivity index (χ4n) is 5.49. The van der Waals surface area contributed by atoms with Crippen molar-refractivity contribution in [1.29, 1.82) is 0 Å². The van der Waals surface area contributed by atoms with E-state index in [0.717, 1.165) is 12.1 Å². The number of carbonyl (C=O) groups is 1. The summed E-state index contributed by atoms with van der Waals surface area (Å²) in [6, 6.07) is 13.4. The number of hydrogen-bond acceptors (Lipinski definition) is 5. The molecule has 7 nitrogen and oxygen atoms in total. The minimum Gasteiger partial charge on any atom is -0.478 e. The van der Waals surface area contributed by atoms with Crippen molar-refractivity contribution in [1.82, 2.24) is 14.5 Å². The topological polar surface area (TPSA) is 86.5 Å². The summed E-state index contributed by atoms with van der Waals surface area (Å²) in [6.07, 6.45) is -0.0769. The molecule has 0 spiro atoms. The second-order valence-electron chi connectivity index (χ2n) is 11.5. The Kier molecular flexibility index (Phi) is 8.00. The maximum atomic E-state index is 15.6. The molecule has 1 atom stereocenters. The highest BCUT2D eigenvalue weighted by molar-refractivity contribution is 6.30. The second kappa shape index (κ2) is 11.8. The molecule has 1 aliphatic heterocycles. The molecule has 1 saturated heterocycles. The van der Waals surface area contributed by atoms with Crippen LogP contribution < -0.4 is 4.74 Å². The Morgan fingerprint density at radius 3 is 2.56 bits per heavy atom. The molecule has 5 aromatic rings. The molecule has 6 rings (SSSR count). The van der Waals surface area contributed by atoms with Gasteiger partial charge in [0.25, 0.3) is 0 Å². The number of fused-ring (bicyclic) bond motifs is 1. The van der Waals surface area contributed by atoms with Crippen LogP contribution in [-0.4, -0.2) is 38.8 Å². The third-order valence-electron chi connectivity index (χ3n) is 7.95. The minimum absolute atomic E-state index is 0.0120. The van der Waals surface area contributed by atoms with Gasteiger partial charge >= 0.3 is 5.97 Å². The van der Waals surface area contributed by atoms with Crippen molar-refractivity contribution in [2.24, 2.45) is 5.41 Å². The van der Waals surface area contributed by atoms with E-state index in [9.17, 15) is 18.7 Å². The first kappa shape index (κ1) is 30.5. The number of imidazole rings is 1. The number of pyridine rings is 1. The zero-order chi connectivity index (χ0) is 32.0. The predicted molar refractivity (Wildman–Crippen MR) is 158 cm³/mol. The van der Waals surface area contributed by atoms with Crippen LogP contribution in [0.2, 0.25) is 5.02 Å². The Morgan fingerprint density at radius 2 is 1.82 bits per heavy atom. The van der Waals surface area contributed by atoms with Crippen molar-refractivity contribution in [2.75, 3.05) is 13.2 Å². The SMILES string of the molecule is CC1(C)COCC1n1c(Cc2cc(F)c(-c3cccc(OCc4ccc(Cl)c(F)c4F)n3)cc2F)nc2ccc(C(=O)O)cc21. The molecule has 0 radical (unpaired) electrons. The number of aromatic nitrogens is 3. The lowest BCUT2D eigenvalue weighted by molar-refractivity contribution is 0.0697. The van der Waals surface area contributed by atoms with Crippen LogP contribution in [-0.2, 0) is 17.8 Å². The number of rotatable bonds is 8. The number of halogens is 5. The first-order chi connectivity index (χ1) is 21.4. The second-order valence-corrected chi connectivity index (χ2v) is 11.9. The maximum absolute atomic E-state index is 15.6. The Bertz CT molecular complexity index is 1960. The molecule has 0 bridgehead atoms. The Labute approximate surface area is 260 Å². The number of carboxylic acids is 1. The highest BCUT2D eigenvalue weighted by Gasteiger charge is 2.39. The zero-order valence-electron chi connectivity index (χ0n) is 24.1. The summed E-state index contributed by atoms with van der Waals surface area (Å²) in [5, 5.41) is 9.21. The standard InChI is InChI=1S/C33H26ClF4N3O4/c1-33(2)16-44-15-27(33)41-26-11-17(32(42)43)7-9-25(26)39-28(41)12-19-10-23(36)20(13-22(19)35)24-4-3-5-29(40-24)45-14-18-6-8-21(34)31(38)30(18)37/h3-11,13,27H,12,14-16H2,1-2H3,(H,42,43). The molecule has 45 heavy (non-hydrogen) atoms. The Hall–Kier alpha value is -4.48. The number of nitrogens with zero attached hydrogens (tertiary/aromatic N) is 3. The summed E-state index contributed by atoms with van der Waals surface area (Å²) in [5.41, 5.74) is 0.718. The third-order valence-corrected chi connectivity index (χ3v) is 8.24. The van der Waals surface area contributed by atoms with Crippen molar-refractivity contribution in [3.63, 3.8) is 0 Å². The average Bonchev–Trinajstić information content (AvgIpc) is 3.54. The maximum Gasteiger partial charge on any atom is 0.335 e. The lowest BCUT2D eigenvalue weighted by Gasteiger charge is -2.28. The van der Waals surface area contributed by atoms with E-state index in [1.807, 2.05) is 18.4 Å². The average molecular weight is 640 g/mol. The van der Waals surface area contributed by atoms with Crippen LogP contribution in [0.15, 0.2) is 60.7 Å². The first-order valence-corrected chi connectivity index (χ1v) is 14.3. The van der Waals surface area contributed by atoms with E-state index >= 15 is 8.78 Å². The van der Waals surface area contributed by atoms with Gasteiger partial charge in [-0.3, -0.25) is 0 Å². The quantitative estimate of drug-likeness (QED) is 0.138. The van der Waals surface area contributed by atoms with Gasteiger partial charge in [-0.05, 0) is 48.0 Å². The molecule has 1 unspecified atom stereocenters. The molecular formula is C33H26ClF4N3O4. The lowest BCUT2D eigenvalue weighted by atomic mass is 9.87. The number of carboxylic acid groups (broad SMARTS) is 1. The molecule has 1 aliphatic rings. The van der Waals surface area contributed by atoms with Gasteiger partial charge in [-0.15, -0.1) is 0 Å². The summed E-state index contributed by atoms with van der Waals surface area (Å²) in [5.74, 6) is -4.47. The number of aromatic carboxylic acids is 1. The van der Waals surface area contributed by atoms with Crippen LogP contribution in [0.25, 0.3) is 22.3 Å². The van der Waals surface area contributed by atoms with Gasteiger partial charge in [0.05, 0.1) is 46.6 Å². The first-order valence-electron chi connectivity index (χ1n) is 14.0. The van der Waals surface area contributed by atoms with Crippen LogP contribution in [0, 0.1) is 28.7 Å².